The number of allylic oxidation sites excluding steroid dienone is 1. The number of aryl methyl sites for hydroxylation is 1. The van der Waals surface area contributed by atoms with Gasteiger partial charge in [0.05, 0.1) is 12.7 Å². The van der Waals surface area contributed by atoms with Crippen LogP contribution in [0.15, 0.2) is 41.3 Å². The van der Waals surface area contributed by atoms with Crippen molar-refractivity contribution in [2.24, 2.45) is 5.92 Å². The molecular weight excluding hydrogens is 453 g/mol. The first kappa shape index (κ1) is 24.9. The number of benzene rings is 1. The van der Waals surface area contributed by atoms with E-state index in [2.05, 4.69) is 48.0 Å². The van der Waals surface area contributed by atoms with Gasteiger partial charge in [-0.1, -0.05) is 63.3 Å². The standard InChI is InChI=1S/C25H33O2S.Y/c1-2-3-4-8-24(27)20-9-11-22(12-10-20)25-21(13-14-23(25)17-26)7-5-6-19-15-16-28-18-19;/h9-12,15,18,21,24,26-27H,2-8,13-14,17H2,1H3;/q-1;/t21-,24?;/m0./s1. The summed E-state index contributed by atoms with van der Waals surface area (Å²) in [4.78, 5) is 0. The van der Waals surface area contributed by atoms with Crippen molar-refractivity contribution in [3.8, 4) is 0 Å². The van der Waals surface area contributed by atoms with E-state index in [4.69, 9.17) is 0 Å². The summed E-state index contributed by atoms with van der Waals surface area (Å²) >= 11 is 1.65. The second kappa shape index (κ2) is 13.2. The summed E-state index contributed by atoms with van der Waals surface area (Å²) in [7, 11) is 0. The van der Waals surface area contributed by atoms with E-state index in [1.54, 1.807) is 11.3 Å². The quantitative estimate of drug-likeness (QED) is 0.288. The molecule has 1 aliphatic rings. The Bertz CT molecular complexity index is 737. The number of aliphatic hydroxyl groups excluding tert-OH is 2. The molecule has 1 aromatic carbocycles. The number of hydrogen-bond donors (Lipinski definition) is 2. The Labute approximate surface area is 205 Å². The molecule has 0 spiro atoms. The van der Waals surface area contributed by atoms with Gasteiger partial charge in [0, 0.05) is 32.7 Å². The average Bonchev–Trinajstić information content (AvgIpc) is 3.38. The molecule has 2 atom stereocenters. The summed E-state index contributed by atoms with van der Waals surface area (Å²) in [6.07, 6.45) is 9.48. The third kappa shape index (κ3) is 7.11. The van der Waals surface area contributed by atoms with Crippen LogP contribution in [0.2, 0.25) is 0 Å². The SMILES string of the molecule is CCCCCC(O)c1ccc(C2=C(CO)CC[C@@H]2CCCc2c[c-]sc2)cc1.[Y]. The number of unbranched alkanes of at least 4 members (excludes halogenated alkanes) is 2. The third-order valence-corrected chi connectivity index (χ3v) is 6.68. The molecule has 1 aliphatic carbocycles. The fourth-order valence-electron chi connectivity index (χ4n) is 4.39. The fraction of sp³-hybridized carbons (Fsp3) is 0.520. The summed E-state index contributed by atoms with van der Waals surface area (Å²) in [5, 5.41) is 25.6. The molecule has 0 saturated heterocycles. The zero-order chi connectivity index (χ0) is 19.8. The van der Waals surface area contributed by atoms with Crippen LogP contribution in [0.1, 0.15) is 81.1 Å². The van der Waals surface area contributed by atoms with Crippen LogP contribution in [0.5, 0.6) is 0 Å². The fourth-order valence-corrected chi connectivity index (χ4v) is 5.01. The summed E-state index contributed by atoms with van der Waals surface area (Å²) in [6.45, 7) is 2.34. The monoisotopic (exact) mass is 486 g/mol. The smallest absolute Gasteiger partial charge is 0.0790 e. The number of aliphatic hydroxyl groups is 2. The van der Waals surface area contributed by atoms with Gasteiger partial charge in [0.25, 0.3) is 0 Å². The van der Waals surface area contributed by atoms with E-state index in [9.17, 15) is 10.2 Å². The van der Waals surface area contributed by atoms with Crippen LogP contribution in [0.3, 0.4) is 0 Å². The van der Waals surface area contributed by atoms with Gasteiger partial charge in [-0.3, -0.25) is 0 Å². The van der Waals surface area contributed by atoms with Crippen LogP contribution >= 0.6 is 11.3 Å². The largest absolute Gasteiger partial charge is 0.392 e. The van der Waals surface area contributed by atoms with Gasteiger partial charge in [0.1, 0.15) is 0 Å². The van der Waals surface area contributed by atoms with Gasteiger partial charge in [-0.25, -0.2) is 0 Å². The normalized spacial score (nSPS) is 17.4. The number of rotatable bonds is 11. The van der Waals surface area contributed by atoms with Gasteiger partial charge in [-0.05, 0) is 53.9 Å². The van der Waals surface area contributed by atoms with Crippen molar-refractivity contribution >= 4 is 16.9 Å². The van der Waals surface area contributed by atoms with Crippen molar-refractivity contribution in [1.29, 1.82) is 0 Å². The van der Waals surface area contributed by atoms with Crippen molar-refractivity contribution < 1.29 is 42.9 Å². The van der Waals surface area contributed by atoms with Crippen LogP contribution in [0.25, 0.3) is 5.57 Å². The van der Waals surface area contributed by atoms with E-state index >= 15 is 0 Å². The van der Waals surface area contributed by atoms with Crippen molar-refractivity contribution in [3.63, 3.8) is 0 Å². The Morgan fingerprint density at radius 3 is 2.62 bits per heavy atom. The predicted octanol–water partition coefficient (Wildman–Crippen LogP) is 6.34. The van der Waals surface area contributed by atoms with Crippen LogP contribution in [0, 0.1) is 11.3 Å². The molecule has 29 heavy (non-hydrogen) atoms. The Morgan fingerprint density at radius 1 is 1.17 bits per heavy atom. The van der Waals surface area contributed by atoms with Crippen LogP contribution < -0.4 is 0 Å². The van der Waals surface area contributed by atoms with Gasteiger partial charge in [-0.2, -0.15) is 17.0 Å². The summed E-state index contributed by atoms with van der Waals surface area (Å²) < 4.78 is 0. The topological polar surface area (TPSA) is 40.5 Å². The molecule has 0 amide bonds. The molecule has 155 valence electrons. The van der Waals surface area contributed by atoms with E-state index in [-0.39, 0.29) is 45.4 Å². The molecule has 2 N–H and O–H groups in total. The first-order chi connectivity index (χ1) is 13.7. The predicted molar refractivity (Wildman–Crippen MR) is 118 cm³/mol. The first-order valence-electron chi connectivity index (χ1n) is 10.8. The number of thiophene rings is 1. The molecule has 1 radical (unpaired) electrons. The minimum Gasteiger partial charge on any atom is -0.392 e. The zero-order valence-electron chi connectivity index (χ0n) is 17.6. The van der Waals surface area contributed by atoms with E-state index in [0.29, 0.717) is 5.92 Å². The van der Waals surface area contributed by atoms with E-state index in [1.807, 2.05) is 0 Å². The van der Waals surface area contributed by atoms with Crippen LogP contribution in [-0.2, 0) is 39.1 Å². The molecule has 3 rings (SSSR count). The molecule has 0 saturated carbocycles. The van der Waals surface area contributed by atoms with Crippen LogP contribution in [0.4, 0.5) is 0 Å². The van der Waals surface area contributed by atoms with Gasteiger partial charge in [0.15, 0.2) is 0 Å². The Kier molecular flexibility index (Phi) is 11.3. The maximum atomic E-state index is 10.4. The van der Waals surface area contributed by atoms with Crippen molar-refractivity contribution in [2.75, 3.05) is 6.61 Å². The Balaban J connectivity index is 0.00000300. The maximum Gasteiger partial charge on any atom is 0.0790 e. The maximum absolute atomic E-state index is 10.4. The van der Waals surface area contributed by atoms with Crippen molar-refractivity contribution in [1.82, 2.24) is 0 Å². The Hall–Kier alpha value is -0.316. The van der Waals surface area contributed by atoms with Crippen LogP contribution in [-0.4, -0.2) is 16.8 Å². The van der Waals surface area contributed by atoms with Gasteiger partial charge >= 0.3 is 0 Å². The first-order valence-corrected chi connectivity index (χ1v) is 11.7. The number of hydrogen-bond acceptors (Lipinski definition) is 3. The second-order valence-electron chi connectivity index (χ2n) is 8.01. The zero-order valence-corrected chi connectivity index (χ0v) is 21.2. The van der Waals surface area contributed by atoms with Gasteiger partial charge < -0.3 is 21.5 Å². The second-order valence-corrected chi connectivity index (χ2v) is 8.72. The third-order valence-electron chi connectivity index (χ3n) is 6.00. The summed E-state index contributed by atoms with van der Waals surface area (Å²) in [5.41, 5.74) is 6.17. The van der Waals surface area contributed by atoms with E-state index in [0.717, 1.165) is 44.1 Å². The molecule has 2 aromatic rings. The molecule has 0 fully saturated rings. The van der Waals surface area contributed by atoms with Gasteiger partial charge in [-0.15, -0.1) is 5.38 Å². The molecule has 4 heteroatoms. The minimum absolute atomic E-state index is 0. The van der Waals surface area contributed by atoms with Gasteiger partial charge in [0.2, 0.25) is 0 Å². The molecular formula is C25H33O2SY-. The van der Waals surface area contributed by atoms with Crippen molar-refractivity contribution in [2.45, 2.75) is 70.8 Å². The summed E-state index contributed by atoms with van der Waals surface area (Å²) in [6, 6.07) is 10.5. The van der Waals surface area contributed by atoms with Crippen molar-refractivity contribution in [3.05, 3.63) is 63.4 Å². The molecule has 0 bridgehead atoms. The molecule has 1 unspecified atom stereocenters. The molecule has 1 aromatic heterocycles. The minimum atomic E-state index is -0.367. The van der Waals surface area contributed by atoms with E-state index < -0.39 is 0 Å². The molecule has 2 nitrogen and oxygen atoms in total. The average molecular weight is 487 g/mol. The summed E-state index contributed by atoms with van der Waals surface area (Å²) in [5.74, 6) is 0.532. The molecule has 0 aliphatic heterocycles. The van der Waals surface area contributed by atoms with E-state index in [1.165, 1.54) is 41.5 Å². The molecule has 1 heterocycles. The Morgan fingerprint density at radius 2 is 1.97 bits per heavy atom.